The first-order valence-corrected chi connectivity index (χ1v) is 37.2. The molecule has 12 bridgehead atoms. The van der Waals surface area contributed by atoms with Crippen LogP contribution in [0.3, 0.4) is 0 Å². The minimum atomic E-state index is -3.66. The Balaban J connectivity index is 0.956. The molecular weight excluding hydrogens is 1800 g/mol. The summed E-state index contributed by atoms with van der Waals surface area (Å²) in [6, 6.07) is 0.454. The van der Waals surface area contributed by atoms with E-state index in [1.54, 1.807) is 0 Å². The van der Waals surface area contributed by atoms with Crippen LogP contribution in [-0.4, -0.2) is 280 Å². The lowest BCUT2D eigenvalue weighted by Gasteiger charge is -2.43. The molecule has 10 aliphatic rings. The highest BCUT2D eigenvalue weighted by Gasteiger charge is 2.61. The van der Waals surface area contributed by atoms with Gasteiger partial charge >= 0.3 is 59.7 Å². The molecule has 133 heavy (non-hydrogen) atoms. The Morgan fingerprint density at radius 2 is 0.391 bits per heavy atom. The van der Waals surface area contributed by atoms with E-state index >= 15 is 38.4 Å². The van der Waals surface area contributed by atoms with Crippen LogP contribution in [0.1, 0.15) is 132 Å². The molecule has 31 N–H and O–H groups in total. The lowest BCUT2D eigenvalue weighted by Crippen LogP contribution is -2.56. The van der Waals surface area contributed by atoms with E-state index in [-0.39, 0.29) is 30.3 Å². The average molecular weight is 1850 g/mol. The Hall–Kier alpha value is -19.1. The molecule has 0 aromatic heterocycles. The van der Waals surface area contributed by atoms with E-state index in [0.29, 0.717) is 0 Å². The summed E-state index contributed by atoms with van der Waals surface area (Å²) in [5.41, 5.74) is -42.6. The first kappa shape index (κ1) is 84.7. The van der Waals surface area contributed by atoms with Crippen LogP contribution in [0.5, 0.6) is 172 Å². The van der Waals surface area contributed by atoms with Crippen molar-refractivity contribution in [1.29, 1.82) is 0 Å². The zero-order chi connectivity index (χ0) is 96.3. The number of benzene rings is 10. The van der Waals surface area contributed by atoms with Gasteiger partial charge in [-0.1, -0.05) is 0 Å². The second-order valence-corrected chi connectivity index (χ2v) is 30.3. The van der Waals surface area contributed by atoms with Crippen LogP contribution in [0.4, 0.5) is 0 Å². The molecule has 0 spiro atoms. The Bertz CT molecular complexity index is 7280. The second-order valence-electron chi connectivity index (χ2n) is 30.3. The standard InChI is InChI=1S/C82H50O51/c83-13-1-8-20(46(93)41(13)88)21-9(2-14(84)42(89)47(21)94)76(117)128-67-18(6-124-73(8)114)126-74(115)10-3-15(85)43(90)48(95)22(10)26-36-28(54(101)62(109)52(26)99)29-38-33(59(106)65(112)55(29)102)34(69(130-79(38)120)71(67)132-80(36)121)32-35-25(51(98)64(111)58(32)105)24-12(5-17(87)45(92)50(24)97)77(118)129-68-19(7-125-78(35)119)127-75(116)11-4-16(86)44(91)49(96)23(11)27-37-30(56(103)63(110)53(27)100)31-39-40(60(107)66(113)57(31)104)61(108)70(131-82(39)123)72(68)133-81(37)122/h1-5,18-19,34,61,67-72,83-113H,6-7H2/t18-,19-,34-,61+,67-,68-,69+,70+,71+,72+/m1/s1. The van der Waals surface area contributed by atoms with E-state index in [0.717, 1.165) is 0 Å². The topological polar surface area (TPSA) is 890 Å². The summed E-state index contributed by atoms with van der Waals surface area (Å²) < 4.78 is 58.6. The van der Waals surface area contributed by atoms with Crippen molar-refractivity contribution in [3.63, 3.8) is 0 Å². The van der Waals surface area contributed by atoms with Gasteiger partial charge in [-0.15, -0.1) is 0 Å². The molecule has 0 aliphatic carbocycles. The largest absolute Gasteiger partial charge is 0.504 e. The minimum Gasteiger partial charge on any atom is -0.504 e. The summed E-state index contributed by atoms with van der Waals surface area (Å²) in [7, 11) is 0. The van der Waals surface area contributed by atoms with Crippen LogP contribution in [0.25, 0.3) is 66.8 Å². The fraction of sp³-hybridized carbons (Fsp3) is 0.146. The number of esters is 10. The molecule has 20 rings (SSSR count). The molecule has 10 aromatic carbocycles. The Kier molecular flexibility index (Phi) is 18.1. The number of hydrogen-bond acceptors (Lipinski definition) is 51. The fourth-order valence-corrected chi connectivity index (χ4v) is 17.5. The molecule has 0 amide bonds. The van der Waals surface area contributed by atoms with Crippen molar-refractivity contribution in [3.05, 3.63) is 103 Å². The molecule has 10 atom stereocenters. The lowest BCUT2D eigenvalue weighted by molar-refractivity contribution is -0.154. The molecule has 0 unspecified atom stereocenters. The van der Waals surface area contributed by atoms with Gasteiger partial charge in [0.25, 0.3) is 0 Å². The molecule has 10 aliphatic heterocycles. The maximum atomic E-state index is 16.8. The van der Waals surface area contributed by atoms with E-state index in [2.05, 4.69) is 0 Å². The summed E-state index contributed by atoms with van der Waals surface area (Å²) >= 11 is 0. The summed E-state index contributed by atoms with van der Waals surface area (Å²) in [5.74, 6) is -84.2. The monoisotopic (exact) mass is 1850 g/mol. The number of carbonyl (C=O) groups is 10. The minimum absolute atomic E-state index is 0.0437. The maximum absolute atomic E-state index is 16.8. The predicted octanol–water partition coefficient (Wildman–Crippen LogP) is 3.05. The van der Waals surface area contributed by atoms with E-state index in [9.17, 15) is 168 Å². The summed E-state index contributed by atoms with van der Waals surface area (Å²) in [6.07, 6.45) is -30.1. The van der Waals surface area contributed by atoms with E-state index in [1.165, 1.54) is 0 Å². The van der Waals surface area contributed by atoms with Crippen LogP contribution in [0.15, 0.2) is 30.3 Å². The van der Waals surface area contributed by atoms with E-state index in [1.807, 2.05) is 0 Å². The second kappa shape index (κ2) is 28.4. The third-order valence-electron chi connectivity index (χ3n) is 23.4. The van der Waals surface area contributed by atoms with Gasteiger partial charge in [-0.2, -0.15) is 0 Å². The van der Waals surface area contributed by atoms with Gasteiger partial charge in [-0.05, 0) is 30.3 Å². The number of aliphatic hydroxyl groups excluding tert-OH is 1. The van der Waals surface area contributed by atoms with Crippen molar-refractivity contribution in [1.82, 2.24) is 0 Å². The number of phenolic OH excluding ortho intramolecular Hbond substituents is 30. The molecule has 51 nitrogen and oxygen atoms in total. The van der Waals surface area contributed by atoms with E-state index < -0.39 is 445 Å². The van der Waals surface area contributed by atoms with Gasteiger partial charge in [0.1, 0.15) is 19.3 Å². The van der Waals surface area contributed by atoms with Crippen molar-refractivity contribution >= 4 is 59.7 Å². The SMILES string of the molecule is O=C1OC[C@H]2OC(=O)c3cc(O)c(O)c(O)c3-c3c(O)c(O)c(O)c4c3C(=O)O[C@H]([C@H]3OC(=O)c5c-4c(O)c(O)c(O)c5[C@H]3c3c(O)c(O)c(O)c4c3C(=O)OC[C@H]3OC(=O)c5cc(O)c(O)c(O)c5-c5c(O)c(O)c(O)c6c5C(=O)O[C@H]([C@H]5OC(=O)c7c-6c(O)c(O)c(O)c7[C@@H]5O)[C@@H]3OC(=O)c3cc(O)c(O)c(O)c3-4)[C@@H]2OC(=O)c2cc(O)c(O)c(O)c2-c2c1cc(O)c(O)c2O. The quantitative estimate of drug-likeness (QED) is 0.0638. The number of cyclic esters (lactones) is 2. The number of carbonyl (C=O) groups excluding carboxylic acids is 10. The van der Waals surface area contributed by atoms with Crippen LogP contribution in [0.2, 0.25) is 0 Å². The van der Waals surface area contributed by atoms with Gasteiger partial charge in [0, 0.05) is 83.5 Å². The molecule has 0 saturated carbocycles. The third kappa shape index (κ3) is 11.3. The highest BCUT2D eigenvalue weighted by molar-refractivity contribution is 6.20. The van der Waals surface area contributed by atoms with Crippen molar-refractivity contribution in [2.24, 2.45) is 0 Å². The van der Waals surface area contributed by atoms with Gasteiger partial charge in [-0.25, -0.2) is 47.9 Å². The number of hydrogen-bond donors (Lipinski definition) is 31. The highest BCUT2D eigenvalue weighted by atomic mass is 16.7. The number of phenols is 30. The molecular formula is C82H50O51. The van der Waals surface area contributed by atoms with Gasteiger partial charge in [0.05, 0.1) is 61.6 Å². The van der Waals surface area contributed by atoms with Gasteiger partial charge in [0.2, 0.25) is 57.5 Å². The number of aliphatic hydroxyl groups is 1. The zero-order valence-electron chi connectivity index (χ0n) is 64.6. The Morgan fingerprint density at radius 3 is 0.729 bits per heavy atom. The summed E-state index contributed by atoms with van der Waals surface area (Å²) in [5, 5.41) is 369. The van der Waals surface area contributed by atoms with E-state index in [4.69, 9.17) is 47.4 Å². The van der Waals surface area contributed by atoms with Crippen molar-refractivity contribution in [3.8, 4) is 239 Å². The average Bonchev–Trinajstić information content (AvgIpc) is 1.44. The number of aromatic hydroxyl groups is 30. The molecule has 0 radical (unpaired) electrons. The van der Waals surface area contributed by atoms with Crippen LogP contribution >= 0.6 is 0 Å². The lowest BCUT2D eigenvalue weighted by atomic mass is 9.72. The number of ether oxygens (including phenoxy) is 10. The highest BCUT2D eigenvalue weighted by Crippen LogP contribution is 2.68. The summed E-state index contributed by atoms with van der Waals surface area (Å²) in [4.78, 5) is 159. The smallest absolute Gasteiger partial charge is 0.340 e. The molecule has 0 saturated heterocycles. The van der Waals surface area contributed by atoms with Gasteiger partial charge in [-0.3, -0.25) is 0 Å². The first-order valence-electron chi connectivity index (χ1n) is 37.2. The summed E-state index contributed by atoms with van der Waals surface area (Å²) in [6.45, 7) is -4.22. The third-order valence-corrected chi connectivity index (χ3v) is 23.4. The maximum Gasteiger partial charge on any atom is 0.340 e. The van der Waals surface area contributed by atoms with Crippen LogP contribution in [-0.2, 0) is 47.4 Å². The number of fused-ring (bicyclic) bond motifs is 14. The molecule has 10 heterocycles. The van der Waals surface area contributed by atoms with Crippen molar-refractivity contribution < 1.29 is 254 Å². The first-order chi connectivity index (χ1) is 62.6. The van der Waals surface area contributed by atoms with Gasteiger partial charge in [0.15, 0.2) is 164 Å². The van der Waals surface area contributed by atoms with Crippen LogP contribution < -0.4 is 0 Å². The molecule has 10 aromatic rings. The molecule has 51 heteroatoms. The normalized spacial score (nSPS) is 20.8. The van der Waals surface area contributed by atoms with Crippen molar-refractivity contribution in [2.75, 3.05) is 13.2 Å². The Morgan fingerprint density at radius 1 is 0.180 bits per heavy atom. The van der Waals surface area contributed by atoms with Crippen molar-refractivity contribution in [2.45, 2.75) is 60.9 Å². The van der Waals surface area contributed by atoms with Crippen LogP contribution in [0, 0.1) is 0 Å². The molecule has 684 valence electrons. The molecule has 0 fully saturated rings. The van der Waals surface area contributed by atoms with Gasteiger partial charge < -0.3 is 206 Å². The fourth-order valence-electron chi connectivity index (χ4n) is 17.5. The predicted molar refractivity (Wildman–Crippen MR) is 409 cm³/mol. The zero-order valence-corrected chi connectivity index (χ0v) is 64.6. The number of rotatable bonds is 1. The Labute approximate surface area is 726 Å².